The van der Waals surface area contributed by atoms with E-state index in [0.29, 0.717) is 34.1 Å². The van der Waals surface area contributed by atoms with E-state index in [4.69, 9.17) is 28.4 Å². The molecule has 0 heterocycles. The molecule has 4 rings (SSSR count). The molecule has 0 N–H and O–H groups in total. The average molecular weight is 649 g/mol. The van der Waals surface area contributed by atoms with Gasteiger partial charge in [0.05, 0.1) is 11.1 Å². The summed E-state index contributed by atoms with van der Waals surface area (Å²) in [6.07, 6.45) is 2.15. The number of ether oxygens (including phenoxy) is 6. The highest BCUT2D eigenvalue weighted by Gasteiger charge is 2.14. The zero-order valence-electron chi connectivity index (χ0n) is 25.9. The first-order valence-corrected chi connectivity index (χ1v) is 14.6. The van der Waals surface area contributed by atoms with Crippen molar-refractivity contribution in [3.63, 3.8) is 0 Å². The Hall–Kier alpha value is -6.42. The van der Waals surface area contributed by atoms with E-state index in [9.17, 15) is 19.2 Å². The SMILES string of the molecule is C=CC(=O)OCCOc1ccc(OC(=O)C(=C)c2ccc(-c3ccc(C(=O)Oc4ccc(OCCOC(=O)C=C)cc4)cc3)cc2)cc1. The Balaban J connectivity index is 1.24. The van der Waals surface area contributed by atoms with E-state index in [0.717, 1.165) is 23.3 Å². The fraction of sp³-hybridized carbons (Fsp3) is 0.105. The topological polar surface area (TPSA) is 124 Å². The summed E-state index contributed by atoms with van der Waals surface area (Å²) in [6.45, 7) is 11.0. The summed E-state index contributed by atoms with van der Waals surface area (Å²) in [5.41, 5.74) is 2.85. The van der Waals surface area contributed by atoms with Gasteiger partial charge in [-0.2, -0.15) is 0 Å². The van der Waals surface area contributed by atoms with E-state index >= 15 is 0 Å². The molecular weight excluding hydrogens is 616 g/mol. The van der Waals surface area contributed by atoms with Crippen LogP contribution in [-0.4, -0.2) is 50.3 Å². The molecular formula is C38H32O10. The van der Waals surface area contributed by atoms with Crippen molar-refractivity contribution < 1.29 is 47.6 Å². The number of esters is 4. The minimum absolute atomic E-state index is 0.0786. The summed E-state index contributed by atoms with van der Waals surface area (Å²) in [5, 5.41) is 0. The van der Waals surface area contributed by atoms with Crippen LogP contribution in [0.1, 0.15) is 15.9 Å². The molecule has 10 nitrogen and oxygen atoms in total. The van der Waals surface area contributed by atoms with Crippen LogP contribution in [0, 0.1) is 0 Å². The second-order valence-corrected chi connectivity index (χ2v) is 9.80. The van der Waals surface area contributed by atoms with Gasteiger partial charge in [-0.1, -0.05) is 56.1 Å². The highest BCUT2D eigenvalue weighted by Crippen LogP contribution is 2.25. The van der Waals surface area contributed by atoms with Gasteiger partial charge in [0.2, 0.25) is 0 Å². The van der Waals surface area contributed by atoms with E-state index in [2.05, 4.69) is 19.7 Å². The Kier molecular flexibility index (Phi) is 12.4. The van der Waals surface area contributed by atoms with E-state index in [1.165, 1.54) is 0 Å². The predicted octanol–water partition coefficient (Wildman–Crippen LogP) is 6.41. The number of benzene rings is 4. The fourth-order valence-electron chi connectivity index (χ4n) is 4.04. The third-order valence-corrected chi connectivity index (χ3v) is 6.53. The highest BCUT2D eigenvalue weighted by molar-refractivity contribution is 6.16. The van der Waals surface area contributed by atoms with Gasteiger partial charge in [-0.3, -0.25) is 0 Å². The smallest absolute Gasteiger partial charge is 0.343 e. The first kappa shape index (κ1) is 34.5. The number of hydrogen-bond donors (Lipinski definition) is 0. The van der Waals surface area contributed by atoms with Crippen LogP contribution < -0.4 is 18.9 Å². The van der Waals surface area contributed by atoms with Crippen molar-refractivity contribution in [1.29, 1.82) is 0 Å². The fourth-order valence-corrected chi connectivity index (χ4v) is 4.04. The molecule has 0 unspecified atom stereocenters. The molecule has 0 aliphatic carbocycles. The zero-order valence-corrected chi connectivity index (χ0v) is 25.9. The van der Waals surface area contributed by atoms with Crippen molar-refractivity contribution >= 4 is 29.5 Å². The molecule has 4 aromatic carbocycles. The Morgan fingerprint density at radius 3 is 1.33 bits per heavy atom. The Morgan fingerprint density at radius 2 is 0.896 bits per heavy atom. The monoisotopic (exact) mass is 648 g/mol. The number of hydrogen-bond acceptors (Lipinski definition) is 10. The Labute approximate surface area is 277 Å². The summed E-state index contributed by atoms with van der Waals surface area (Å²) in [7, 11) is 0. The van der Waals surface area contributed by atoms with Crippen molar-refractivity contribution in [2.24, 2.45) is 0 Å². The molecule has 0 fully saturated rings. The van der Waals surface area contributed by atoms with Crippen molar-refractivity contribution in [2.75, 3.05) is 26.4 Å². The first-order valence-electron chi connectivity index (χ1n) is 14.6. The lowest BCUT2D eigenvalue weighted by Gasteiger charge is -2.10. The minimum atomic E-state index is -0.607. The molecule has 10 heteroatoms. The van der Waals surface area contributed by atoms with Crippen molar-refractivity contribution in [2.45, 2.75) is 0 Å². The van der Waals surface area contributed by atoms with Crippen molar-refractivity contribution in [3.8, 4) is 34.1 Å². The lowest BCUT2D eigenvalue weighted by atomic mass is 10.00. The maximum atomic E-state index is 12.7. The van der Waals surface area contributed by atoms with Gasteiger partial charge in [0.25, 0.3) is 0 Å². The maximum Gasteiger partial charge on any atom is 0.343 e. The molecule has 0 bridgehead atoms. The van der Waals surface area contributed by atoms with E-state index in [-0.39, 0.29) is 32.0 Å². The van der Waals surface area contributed by atoms with Gasteiger partial charge in [0.1, 0.15) is 49.4 Å². The molecule has 244 valence electrons. The van der Waals surface area contributed by atoms with Gasteiger partial charge >= 0.3 is 23.9 Å². The van der Waals surface area contributed by atoms with Crippen LogP contribution in [0.4, 0.5) is 0 Å². The van der Waals surface area contributed by atoms with Crippen LogP contribution in [-0.2, 0) is 23.9 Å². The van der Waals surface area contributed by atoms with E-state index in [1.54, 1.807) is 84.9 Å². The van der Waals surface area contributed by atoms with Crippen LogP contribution in [0.5, 0.6) is 23.0 Å². The van der Waals surface area contributed by atoms with Gasteiger partial charge in [-0.05, 0) is 77.4 Å². The van der Waals surface area contributed by atoms with Gasteiger partial charge in [0, 0.05) is 12.2 Å². The van der Waals surface area contributed by atoms with E-state index < -0.39 is 23.9 Å². The third kappa shape index (κ3) is 10.3. The highest BCUT2D eigenvalue weighted by atomic mass is 16.6. The zero-order chi connectivity index (χ0) is 34.3. The quantitative estimate of drug-likeness (QED) is 0.0583. The van der Waals surface area contributed by atoms with Crippen molar-refractivity contribution in [3.05, 3.63) is 140 Å². The normalized spacial score (nSPS) is 10.2. The van der Waals surface area contributed by atoms with Crippen molar-refractivity contribution in [1.82, 2.24) is 0 Å². The summed E-state index contributed by atoms with van der Waals surface area (Å²) in [5.74, 6) is -0.477. The predicted molar refractivity (Wildman–Crippen MR) is 178 cm³/mol. The van der Waals surface area contributed by atoms with Gasteiger partial charge in [-0.15, -0.1) is 0 Å². The van der Waals surface area contributed by atoms with Crippen LogP contribution in [0.2, 0.25) is 0 Å². The Morgan fingerprint density at radius 1 is 0.500 bits per heavy atom. The molecule has 0 atom stereocenters. The molecule has 0 saturated heterocycles. The molecule has 0 aliphatic rings. The molecule has 0 amide bonds. The molecule has 0 aliphatic heterocycles. The number of rotatable bonds is 16. The summed E-state index contributed by atoms with van der Waals surface area (Å²) < 4.78 is 31.6. The van der Waals surface area contributed by atoms with Crippen LogP contribution in [0.25, 0.3) is 16.7 Å². The summed E-state index contributed by atoms with van der Waals surface area (Å²) in [6, 6.07) is 27.0. The molecule has 4 aromatic rings. The minimum Gasteiger partial charge on any atom is -0.490 e. The van der Waals surface area contributed by atoms with E-state index in [1.807, 2.05) is 12.1 Å². The standard InChI is InChI=1S/C38H32O10/c1-4-35(39)45-24-22-43-31-14-18-33(19-15-31)47-37(41)26(3)27-6-8-28(9-7-27)29-10-12-30(13-11-29)38(42)48-34-20-16-32(17-21-34)44-23-25-46-36(40)5-2/h4-21H,1-3,22-25H2. The molecule has 48 heavy (non-hydrogen) atoms. The summed E-state index contributed by atoms with van der Waals surface area (Å²) in [4.78, 5) is 47.5. The van der Waals surface area contributed by atoms with Gasteiger partial charge in [-0.25, -0.2) is 19.2 Å². The average Bonchev–Trinajstić information content (AvgIpc) is 3.12. The molecule has 0 radical (unpaired) electrons. The summed E-state index contributed by atoms with van der Waals surface area (Å²) >= 11 is 0. The first-order chi connectivity index (χ1) is 23.2. The Bertz CT molecular complexity index is 1750. The van der Waals surface area contributed by atoms with Gasteiger partial charge < -0.3 is 28.4 Å². The largest absolute Gasteiger partial charge is 0.490 e. The van der Waals surface area contributed by atoms with Crippen LogP contribution in [0.3, 0.4) is 0 Å². The second-order valence-electron chi connectivity index (χ2n) is 9.80. The van der Waals surface area contributed by atoms with Crippen LogP contribution >= 0.6 is 0 Å². The number of carbonyl (C=O) groups is 4. The maximum absolute atomic E-state index is 12.7. The molecule has 0 saturated carbocycles. The second kappa shape index (κ2) is 17.3. The molecule has 0 spiro atoms. The lowest BCUT2D eigenvalue weighted by Crippen LogP contribution is -2.11. The van der Waals surface area contributed by atoms with Crippen LogP contribution in [0.15, 0.2) is 129 Å². The third-order valence-electron chi connectivity index (χ3n) is 6.53. The lowest BCUT2D eigenvalue weighted by molar-refractivity contribution is -0.139. The molecule has 0 aromatic heterocycles. The van der Waals surface area contributed by atoms with Gasteiger partial charge in [0.15, 0.2) is 0 Å². The number of carbonyl (C=O) groups excluding carboxylic acids is 4.